The van der Waals surface area contributed by atoms with E-state index in [-0.39, 0.29) is 0 Å². The number of fused-ring (bicyclic) bond motifs is 3. The van der Waals surface area contributed by atoms with Crippen molar-refractivity contribution < 1.29 is 0 Å². The Morgan fingerprint density at radius 1 is 1.10 bits per heavy atom. The van der Waals surface area contributed by atoms with Crippen LogP contribution in [0.25, 0.3) is 11.0 Å². The lowest BCUT2D eigenvalue weighted by atomic mass is 9.94. The molecule has 3 fully saturated rings. The van der Waals surface area contributed by atoms with Crippen LogP contribution in [0, 0.1) is 11.8 Å². The zero-order chi connectivity index (χ0) is 13.3. The number of imidazole rings is 1. The van der Waals surface area contributed by atoms with Gasteiger partial charge in [-0.25, -0.2) is 4.98 Å². The van der Waals surface area contributed by atoms with Crippen molar-refractivity contribution in [1.29, 1.82) is 0 Å². The molecule has 1 aromatic heterocycles. The Bertz CT molecular complexity index is 683. The van der Waals surface area contributed by atoms with E-state index in [1.165, 1.54) is 49.9 Å². The van der Waals surface area contributed by atoms with E-state index in [2.05, 4.69) is 10.6 Å². The molecule has 0 amide bonds. The van der Waals surface area contributed by atoms with Gasteiger partial charge in [0.1, 0.15) is 5.82 Å². The Labute approximate surface area is 119 Å². The van der Waals surface area contributed by atoms with Gasteiger partial charge < -0.3 is 10.3 Å². The van der Waals surface area contributed by atoms with E-state index < -0.39 is 0 Å². The maximum atomic E-state index is 5.94. The van der Waals surface area contributed by atoms with Gasteiger partial charge in [-0.3, -0.25) is 0 Å². The summed E-state index contributed by atoms with van der Waals surface area (Å²) in [5, 5.41) is 0. The minimum Gasteiger partial charge on any atom is -0.399 e. The summed E-state index contributed by atoms with van der Waals surface area (Å²) in [7, 11) is 0. The Balaban J connectivity index is 1.70. The van der Waals surface area contributed by atoms with E-state index in [4.69, 9.17) is 10.7 Å². The summed E-state index contributed by atoms with van der Waals surface area (Å²) in [4.78, 5) is 4.95. The molecule has 104 valence electrons. The molecule has 3 heteroatoms. The lowest BCUT2D eigenvalue weighted by Gasteiger charge is -2.26. The molecule has 5 rings (SSSR count). The van der Waals surface area contributed by atoms with Gasteiger partial charge in [-0.1, -0.05) is 6.42 Å². The average Bonchev–Trinajstić information content (AvgIpc) is 2.92. The van der Waals surface area contributed by atoms with Crippen LogP contribution in [0.4, 0.5) is 5.69 Å². The zero-order valence-corrected chi connectivity index (χ0v) is 11.8. The largest absolute Gasteiger partial charge is 0.399 e. The van der Waals surface area contributed by atoms with Crippen LogP contribution in [0.1, 0.15) is 56.3 Å². The number of aromatic nitrogens is 2. The van der Waals surface area contributed by atoms with Crippen LogP contribution in [0.2, 0.25) is 0 Å². The van der Waals surface area contributed by atoms with Crippen molar-refractivity contribution in [2.45, 2.75) is 50.5 Å². The van der Waals surface area contributed by atoms with Crippen LogP contribution in [0.15, 0.2) is 18.2 Å². The van der Waals surface area contributed by atoms with Gasteiger partial charge in [-0.2, -0.15) is 0 Å². The van der Waals surface area contributed by atoms with Gasteiger partial charge in [-0.05, 0) is 62.1 Å². The van der Waals surface area contributed by atoms with E-state index in [1.807, 2.05) is 12.1 Å². The van der Waals surface area contributed by atoms with Gasteiger partial charge in [0.05, 0.1) is 11.0 Å². The number of benzene rings is 1. The second kappa shape index (κ2) is 3.78. The van der Waals surface area contributed by atoms with Crippen LogP contribution >= 0.6 is 0 Å². The monoisotopic (exact) mass is 267 g/mol. The summed E-state index contributed by atoms with van der Waals surface area (Å²) in [5.41, 5.74) is 9.19. The van der Waals surface area contributed by atoms with Crippen molar-refractivity contribution in [2.75, 3.05) is 5.73 Å². The first kappa shape index (κ1) is 11.2. The fourth-order valence-corrected chi connectivity index (χ4v) is 4.64. The van der Waals surface area contributed by atoms with Crippen molar-refractivity contribution in [1.82, 2.24) is 9.55 Å². The van der Waals surface area contributed by atoms with Crippen molar-refractivity contribution in [3.8, 4) is 0 Å². The zero-order valence-electron chi connectivity index (χ0n) is 11.8. The van der Waals surface area contributed by atoms with Crippen LogP contribution in [0.5, 0.6) is 0 Å². The first-order chi connectivity index (χ1) is 9.79. The third kappa shape index (κ3) is 1.49. The van der Waals surface area contributed by atoms with Gasteiger partial charge in [0.15, 0.2) is 0 Å². The van der Waals surface area contributed by atoms with Gasteiger partial charge in [0.25, 0.3) is 0 Å². The smallest absolute Gasteiger partial charge is 0.113 e. The number of nitrogen functional groups attached to an aromatic ring is 1. The summed E-state index contributed by atoms with van der Waals surface area (Å²) in [6, 6.07) is 6.98. The molecule has 3 nitrogen and oxygen atoms in total. The summed E-state index contributed by atoms with van der Waals surface area (Å²) < 4.78 is 2.61. The quantitative estimate of drug-likeness (QED) is 0.840. The highest BCUT2D eigenvalue weighted by Crippen LogP contribution is 2.53. The molecule has 1 aromatic carbocycles. The molecule has 0 saturated heterocycles. The number of rotatable bonds is 2. The average molecular weight is 267 g/mol. The van der Waals surface area contributed by atoms with Crippen LogP contribution in [-0.4, -0.2) is 9.55 Å². The Morgan fingerprint density at radius 2 is 2.00 bits per heavy atom. The molecule has 3 atom stereocenters. The minimum atomic E-state index is 0.706. The van der Waals surface area contributed by atoms with Gasteiger partial charge in [0.2, 0.25) is 0 Å². The molecule has 3 aliphatic carbocycles. The highest BCUT2D eigenvalue weighted by Gasteiger charge is 2.43. The van der Waals surface area contributed by atoms with Crippen molar-refractivity contribution in [3.63, 3.8) is 0 Å². The third-order valence-electron chi connectivity index (χ3n) is 5.72. The first-order valence-corrected chi connectivity index (χ1v) is 8.07. The maximum Gasteiger partial charge on any atom is 0.113 e. The Morgan fingerprint density at radius 3 is 2.70 bits per heavy atom. The van der Waals surface area contributed by atoms with Gasteiger partial charge in [0, 0.05) is 17.6 Å². The molecule has 20 heavy (non-hydrogen) atoms. The third-order valence-corrected chi connectivity index (χ3v) is 5.72. The number of hydrogen-bond donors (Lipinski definition) is 1. The molecule has 2 N–H and O–H groups in total. The normalized spacial score (nSPS) is 32.3. The Kier molecular flexibility index (Phi) is 2.11. The minimum absolute atomic E-state index is 0.706. The lowest BCUT2D eigenvalue weighted by Crippen LogP contribution is -2.18. The summed E-state index contributed by atoms with van der Waals surface area (Å²) >= 11 is 0. The highest BCUT2D eigenvalue weighted by atomic mass is 15.1. The number of nitrogens with zero attached hydrogens (tertiary/aromatic N) is 2. The fraction of sp³-hybridized carbons (Fsp3) is 0.588. The first-order valence-electron chi connectivity index (χ1n) is 8.07. The van der Waals surface area contributed by atoms with Crippen LogP contribution in [0.3, 0.4) is 0 Å². The second-order valence-electron chi connectivity index (χ2n) is 7.10. The predicted octanol–water partition coefficient (Wildman–Crippen LogP) is 3.86. The maximum absolute atomic E-state index is 5.94. The number of anilines is 1. The van der Waals surface area contributed by atoms with E-state index in [1.54, 1.807) is 0 Å². The molecule has 3 unspecified atom stereocenters. The predicted molar refractivity (Wildman–Crippen MR) is 80.6 cm³/mol. The number of hydrogen-bond acceptors (Lipinski definition) is 2. The molecule has 2 aromatic rings. The number of nitrogens with two attached hydrogens (primary N) is 1. The topological polar surface area (TPSA) is 43.8 Å². The molecule has 3 saturated carbocycles. The van der Waals surface area contributed by atoms with Crippen LogP contribution in [-0.2, 0) is 0 Å². The second-order valence-corrected chi connectivity index (χ2v) is 7.10. The van der Waals surface area contributed by atoms with E-state index in [0.29, 0.717) is 12.0 Å². The fourth-order valence-electron chi connectivity index (χ4n) is 4.64. The van der Waals surface area contributed by atoms with E-state index in [9.17, 15) is 0 Å². The van der Waals surface area contributed by atoms with Crippen molar-refractivity contribution in [3.05, 3.63) is 24.0 Å². The van der Waals surface area contributed by atoms with E-state index in [0.717, 1.165) is 23.0 Å². The van der Waals surface area contributed by atoms with Crippen molar-refractivity contribution >= 4 is 16.7 Å². The molecule has 0 spiro atoms. The van der Waals surface area contributed by atoms with Crippen LogP contribution < -0.4 is 5.73 Å². The summed E-state index contributed by atoms with van der Waals surface area (Å²) in [6.07, 6.45) is 8.34. The highest BCUT2D eigenvalue weighted by molar-refractivity contribution is 5.80. The van der Waals surface area contributed by atoms with Crippen molar-refractivity contribution in [2.24, 2.45) is 11.8 Å². The van der Waals surface area contributed by atoms with E-state index >= 15 is 0 Å². The summed E-state index contributed by atoms with van der Waals surface area (Å²) in [6.45, 7) is 0. The van der Waals surface area contributed by atoms with Gasteiger partial charge >= 0.3 is 0 Å². The summed E-state index contributed by atoms with van der Waals surface area (Å²) in [5.74, 6) is 3.93. The molecule has 1 heterocycles. The molecule has 0 aliphatic heterocycles. The Hall–Kier alpha value is -1.51. The molecule has 3 aliphatic rings. The van der Waals surface area contributed by atoms with Gasteiger partial charge in [-0.15, -0.1) is 0 Å². The molecular weight excluding hydrogens is 246 g/mol. The molecule has 0 radical (unpaired) electrons. The molecular formula is C17H21N3. The lowest BCUT2D eigenvalue weighted by molar-refractivity contribution is 0.329. The SMILES string of the molecule is Nc1ccc2c(c1)nc(C1CC1)n2C1CC2CCC1C2. The standard InChI is InChI=1S/C17H21N3/c18-13-5-6-15-14(9-13)19-17(11-3-4-11)20(15)16-8-10-1-2-12(16)7-10/h5-6,9-12,16H,1-4,7-8,18H2. The molecule has 2 bridgehead atoms.